The van der Waals surface area contributed by atoms with E-state index in [2.05, 4.69) is 14.9 Å². The summed E-state index contributed by atoms with van der Waals surface area (Å²) in [4.78, 5) is 0. The fraction of sp³-hybridized carbons (Fsp3) is 0.185. The van der Waals surface area contributed by atoms with Crippen LogP contribution in [0.25, 0.3) is 33.0 Å². The average Bonchev–Trinajstić information content (AvgIpc) is 3.43. The third kappa shape index (κ3) is 5.73. The SMILES string of the molecule is FC(F)(F)c1c(Oc2nnc(-c3ccco3)c3cc4ccccc4cc23)c(C(F)(F)F)c(C(F)(F)F)c(C(F)(F)F)c1C(F)(F)F. The molecule has 0 N–H and O–H groups in total. The van der Waals surface area contributed by atoms with E-state index in [-0.39, 0.29) is 22.2 Å². The molecule has 46 heavy (non-hydrogen) atoms. The Balaban J connectivity index is 2.00. The van der Waals surface area contributed by atoms with Crippen molar-refractivity contribution >= 4 is 21.5 Å². The summed E-state index contributed by atoms with van der Waals surface area (Å²) in [5.41, 5.74) is -20.3. The molecule has 4 nitrogen and oxygen atoms in total. The Bertz CT molecular complexity index is 1900. The van der Waals surface area contributed by atoms with Crippen LogP contribution in [0.2, 0.25) is 0 Å². The Hall–Kier alpha value is -4.71. The molecule has 2 heterocycles. The molecule has 3 aromatic carbocycles. The minimum absolute atomic E-state index is 0.0977. The Morgan fingerprint density at radius 3 is 1.35 bits per heavy atom. The predicted molar refractivity (Wildman–Crippen MR) is 126 cm³/mol. The van der Waals surface area contributed by atoms with Gasteiger partial charge in [-0.15, -0.1) is 10.2 Å². The molecule has 0 saturated carbocycles. The molecule has 0 spiro atoms. The first-order chi connectivity index (χ1) is 21.0. The Kier molecular flexibility index (Phi) is 7.40. The molecule has 0 amide bonds. The van der Waals surface area contributed by atoms with Gasteiger partial charge in [-0.25, -0.2) is 0 Å². The van der Waals surface area contributed by atoms with Crippen LogP contribution in [0.15, 0.2) is 59.2 Å². The topological polar surface area (TPSA) is 48.2 Å². The first kappa shape index (κ1) is 32.7. The zero-order valence-electron chi connectivity index (χ0n) is 21.6. The maximum absolute atomic E-state index is 14.2. The number of hydrogen-bond donors (Lipinski definition) is 0. The number of benzene rings is 3. The van der Waals surface area contributed by atoms with Crippen molar-refractivity contribution in [1.29, 1.82) is 0 Å². The zero-order chi connectivity index (χ0) is 34.2. The smallest absolute Gasteiger partial charge is 0.420 e. The third-order valence-electron chi connectivity index (χ3n) is 6.44. The van der Waals surface area contributed by atoms with E-state index in [0.717, 1.165) is 12.3 Å². The number of ether oxygens (including phenoxy) is 1. The van der Waals surface area contributed by atoms with Gasteiger partial charge in [0.15, 0.2) is 11.5 Å². The van der Waals surface area contributed by atoms with Crippen molar-refractivity contribution in [3.63, 3.8) is 0 Å². The molecule has 0 aliphatic rings. The molecule has 2 aromatic heterocycles. The number of halogens is 15. The van der Waals surface area contributed by atoms with Crippen LogP contribution in [-0.2, 0) is 30.9 Å². The van der Waals surface area contributed by atoms with Crippen LogP contribution < -0.4 is 4.74 Å². The highest BCUT2D eigenvalue weighted by Gasteiger charge is 2.61. The highest BCUT2D eigenvalue weighted by Crippen LogP contribution is 2.59. The fourth-order valence-corrected chi connectivity index (χ4v) is 4.80. The summed E-state index contributed by atoms with van der Waals surface area (Å²) in [5, 5.41) is 6.57. The lowest BCUT2D eigenvalue weighted by molar-refractivity contribution is -0.189. The number of furan rings is 1. The van der Waals surface area contributed by atoms with Gasteiger partial charge in [0.05, 0.1) is 23.0 Å². The van der Waals surface area contributed by atoms with Gasteiger partial charge in [-0.2, -0.15) is 65.9 Å². The maximum Gasteiger partial charge on any atom is 0.420 e. The van der Waals surface area contributed by atoms with Crippen LogP contribution in [0.3, 0.4) is 0 Å². The van der Waals surface area contributed by atoms with Crippen LogP contribution in [0.5, 0.6) is 11.6 Å². The summed E-state index contributed by atoms with van der Waals surface area (Å²) >= 11 is 0. The lowest BCUT2D eigenvalue weighted by atomic mass is 9.88. The summed E-state index contributed by atoms with van der Waals surface area (Å²) < 4.78 is 220. The van der Waals surface area contributed by atoms with Gasteiger partial charge in [0, 0.05) is 10.8 Å². The van der Waals surface area contributed by atoms with Gasteiger partial charge in [0.2, 0.25) is 5.88 Å². The van der Waals surface area contributed by atoms with Gasteiger partial charge >= 0.3 is 30.9 Å². The largest absolute Gasteiger partial charge is 0.463 e. The van der Waals surface area contributed by atoms with Crippen molar-refractivity contribution in [2.75, 3.05) is 0 Å². The molecule has 0 radical (unpaired) electrons. The standard InChI is InChI=1S/C27H9F15N2O2/c28-23(29,30)15-16(24(31,32)33)18(26(37,38)39)21(19(27(40,41)42)17(15)25(34,35)36)46-22-13-9-11-5-2-1-4-10(11)8-12(13)20(43-44-22)14-6-3-7-45-14/h1-9H. The van der Waals surface area contributed by atoms with Crippen molar-refractivity contribution < 1.29 is 75.0 Å². The molecule has 5 aromatic rings. The Labute approximate surface area is 244 Å². The molecular formula is C27H9F15N2O2. The monoisotopic (exact) mass is 678 g/mol. The molecule has 0 unspecified atom stereocenters. The first-order valence-electron chi connectivity index (χ1n) is 12.0. The molecule has 0 fully saturated rings. The van der Waals surface area contributed by atoms with E-state index in [4.69, 9.17) is 4.42 Å². The van der Waals surface area contributed by atoms with Crippen molar-refractivity contribution in [3.05, 3.63) is 82.6 Å². The fourth-order valence-electron chi connectivity index (χ4n) is 4.80. The van der Waals surface area contributed by atoms with Crippen LogP contribution in [0.4, 0.5) is 65.9 Å². The highest BCUT2D eigenvalue weighted by molar-refractivity contribution is 6.05. The van der Waals surface area contributed by atoms with Gasteiger partial charge in [0.25, 0.3) is 0 Å². The summed E-state index contributed by atoms with van der Waals surface area (Å²) in [5.74, 6) is -4.88. The van der Waals surface area contributed by atoms with Gasteiger partial charge in [-0.05, 0) is 35.0 Å². The molecule has 19 heteroatoms. The van der Waals surface area contributed by atoms with Crippen molar-refractivity contribution in [3.8, 4) is 23.1 Å². The highest BCUT2D eigenvalue weighted by atomic mass is 19.4. The van der Waals surface area contributed by atoms with Crippen molar-refractivity contribution in [2.45, 2.75) is 30.9 Å². The second-order valence-corrected chi connectivity index (χ2v) is 9.37. The zero-order valence-corrected chi connectivity index (χ0v) is 21.6. The molecular weight excluding hydrogens is 669 g/mol. The number of hydrogen-bond acceptors (Lipinski definition) is 4. The van der Waals surface area contributed by atoms with Crippen LogP contribution >= 0.6 is 0 Å². The van der Waals surface area contributed by atoms with E-state index in [1.54, 1.807) is 0 Å². The minimum Gasteiger partial charge on any atom is -0.463 e. The van der Waals surface area contributed by atoms with E-state index in [9.17, 15) is 65.9 Å². The van der Waals surface area contributed by atoms with Gasteiger partial charge in [0.1, 0.15) is 16.8 Å². The average molecular weight is 678 g/mol. The van der Waals surface area contributed by atoms with Crippen LogP contribution in [0.1, 0.15) is 27.8 Å². The molecule has 0 saturated heterocycles. The molecule has 0 aliphatic carbocycles. The van der Waals surface area contributed by atoms with E-state index in [1.165, 1.54) is 42.5 Å². The number of fused-ring (bicyclic) bond motifs is 2. The second-order valence-electron chi connectivity index (χ2n) is 9.37. The van der Waals surface area contributed by atoms with E-state index >= 15 is 0 Å². The Morgan fingerprint density at radius 2 is 0.935 bits per heavy atom. The van der Waals surface area contributed by atoms with Gasteiger partial charge in [-0.3, -0.25) is 0 Å². The van der Waals surface area contributed by atoms with E-state index < -0.39 is 75.7 Å². The minimum atomic E-state index is -7.04. The quantitative estimate of drug-likeness (QED) is 0.141. The molecule has 0 aliphatic heterocycles. The summed E-state index contributed by atoms with van der Waals surface area (Å²) in [6.07, 6.45) is -33.4. The molecule has 0 bridgehead atoms. The lowest BCUT2D eigenvalue weighted by Crippen LogP contribution is -2.31. The number of alkyl halides is 15. The third-order valence-corrected chi connectivity index (χ3v) is 6.44. The predicted octanol–water partition coefficient (Wildman–Crippen LogP) is 10.9. The molecule has 244 valence electrons. The number of nitrogens with zero attached hydrogens (tertiary/aromatic N) is 2. The van der Waals surface area contributed by atoms with Crippen molar-refractivity contribution in [2.24, 2.45) is 0 Å². The molecule has 0 atom stereocenters. The Morgan fingerprint density at radius 1 is 0.500 bits per heavy atom. The molecule has 5 rings (SSSR count). The van der Waals surface area contributed by atoms with Gasteiger partial charge in [-0.1, -0.05) is 24.3 Å². The maximum atomic E-state index is 14.2. The van der Waals surface area contributed by atoms with E-state index in [0.29, 0.717) is 5.39 Å². The summed E-state index contributed by atoms with van der Waals surface area (Å²) in [6, 6.07) is 10.6. The summed E-state index contributed by atoms with van der Waals surface area (Å²) in [6.45, 7) is 0. The second kappa shape index (κ2) is 10.4. The number of rotatable bonds is 3. The van der Waals surface area contributed by atoms with Crippen LogP contribution in [0, 0.1) is 0 Å². The van der Waals surface area contributed by atoms with Crippen LogP contribution in [-0.4, -0.2) is 10.2 Å². The number of aromatic nitrogens is 2. The summed E-state index contributed by atoms with van der Waals surface area (Å²) in [7, 11) is 0. The normalized spacial score (nSPS) is 13.5. The lowest BCUT2D eigenvalue weighted by Gasteiger charge is -2.30. The first-order valence-corrected chi connectivity index (χ1v) is 12.0. The van der Waals surface area contributed by atoms with Crippen molar-refractivity contribution in [1.82, 2.24) is 10.2 Å². The van der Waals surface area contributed by atoms with E-state index in [1.807, 2.05) is 0 Å². The van der Waals surface area contributed by atoms with Gasteiger partial charge < -0.3 is 9.15 Å².